The van der Waals surface area contributed by atoms with Crippen LogP contribution in [0.1, 0.15) is 34.7 Å². The van der Waals surface area contributed by atoms with E-state index in [0.717, 1.165) is 0 Å². The Labute approximate surface area is 113 Å². The Morgan fingerprint density at radius 2 is 2.06 bits per heavy atom. The highest BCUT2D eigenvalue weighted by Gasteiger charge is 2.13. The van der Waals surface area contributed by atoms with Crippen molar-refractivity contribution < 1.29 is 9.59 Å². The zero-order chi connectivity index (χ0) is 13.0. The van der Waals surface area contributed by atoms with Gasteiger partial charge in [0.15, 0.2) is 5.78 Å². The molecule has 2 N–H and O–H groups in total. The molecule has 0 aliphatic carbocycles. The number of aromatic nitrogens is 1. The molecule has 0 spiro atoms. The maximum Gasteiger partial charge on any atom is 0.267 e. The molecule has 0 aromatic carbocycles. The van der Waals surface area contributed by atoms with Gasteiger partial charge in [0.1, 0.15) is 5.69 Å². The maximum absolute atomic E-state index is 11.9. The monoisotopic (exact) mass is 273 g/mol. The van der Waals surface area contributed by atoms with E-state index >= 15 is 0 Å². The number of hydrogen-bond donors (Lipinski definition) is 2. The van der Waals surface area contributed by atoms with Gasteiger partial charge < -0.3 is 15.2 Å². The molecule has 1 unspecified atom stereocenters. The summed E-state index contributed by atoms with van der Waals surface area (Å²) in [6, 6.07) is 1.83. The molecule has 5 nitrogen and oxygen atoms in total. The molecule has 1 aromatic heterocycles. The fraction of sp³-hybridized carbons (Fsp3) is 0.500. The largest absolute Gasteiger partial charge is 0.349 e. The van der Waals surface area contributed by atoms with Crippen molar-refractivity contribution in [2.75, 3.05) is 13.6 Å². The number of nitrogens with one attached hydrogen (secondary N) is 2. The van der Waals surface area contributed by atoms with Crippen molar-refractivity contribution in [3.05, 3.63) is 23.5 Å². The van der Waals surface area contributed by atoms with Gasteiger partial charge in [-0.15, -0.1) is 12.4 Å². The van der Waals surface area contributed by atoms with Crippen LogP contribution in [0.5, 0.6) is 0 Å². The van der Waals surface area contributed by atoms with Crippen molar-refractivity contribution in [1.82, 2.24) is 15.2 Å². The first-order valence-electron chi connectivity index (χ1n) is 5.58. The number of nitrogens with zero attached hydrogens (tertiary/aromatic N) is 1. The van der Waals surface area contributed by atoms with E-state index in [9.17, 15) is 9.59 Å². The number of carbonyl (C=O) groups excluding carboxylic acids is 2. The summed E-state index contributed by atoms with van der Waals surface area (Å²) >= 11 is 0. The second-order valence-corrected chi connectivity index (χ2v) is 4.18. The number of rotatable bonds is 5. The molecule has 6 heteroatoms. The second kappa shape index (κ2) is 7.18. The zero-order valence-electron chi connectivity index (χ0n) is 11.1. The molecule has 0 aliphatic heterocycles. The summed E-state index contributed by atoms with van der Waals surface area (Å²) in [4.78, 5) is 23.0. The highest BCUT2D eigenvalue weighted by atomic mass is 35.5. The average Bonchev–Trinajstić information content (AvgIpc) is 2.68. The lowest BCUT2D eigenvalue weighted by molar-refractivity contribution is 0.0942. The Balaban J connectivity index is 0.00000289. The van der Waals surface area contributed by atoms with Crippen LogP contribution in [0.25, 0.3) is 0 Å². The number of likely N-dealkylation sites (N-methyl/N-ethyl adjacent to an activating group) is 1. The number of aryl methyl sites for hydroxylation is 1. The number of Topliss-reactive ketones (excluding diaryl/α,β-unsaturated/α-hetero) is 1. The molecule has 1 heterocycles. The molecule has 1 atom stereocenters. The molecule has 1 rings (SSSR count). The van der Waals surface area contributed by atoms with Crippen LogP contribution in [0.15, 0.2) is 12.3 Å². The average molecular weight is 274 g/mol. The van der Waals surface area contributed by atoms with E-state index in [1.165, 1.54) is 6.92 Å². The Morgan fingerprint density at radius 1 is 1.44 bits per heavy atom. The highest BCUT2D eigenvalue weighted by Crippen LogP contribution is 2.07. The fourth-order valence-corrected chi connectivity index (χ4v) is 1.42. The van der Waals surface area contributed by atoms with Crippen LogP contribution < -0.4 is 10.6 Å². The predicted molar refractivity (Wildman–Crippen MR) is 73.5 cm³/mol. The molecular formula is C12H20ClN3O2. The predicted octanol–water partition coefficient (Wildman–Crippen LogP) is 0.987. The molecular weight excluding hydrogens is 254 g/mol. The Morgan fingerprint density at radius 3 is 2.50 bits per heavy atom. The van der Waals surface area contributed by atoms with Gasteiger partial charge in [-0.2, -0.15) is 0 Å². The molecule has 0 aliphatic rings. The summed E-state index contributed by atoms with van der Waals surface area (Å²) in [6.07, 6.45) is 1.67. The summed E-state index contributed by atoms with van der Waals surface area (Å²) in [7, 11) is 3.59. The van der Waals surface area contributed by atoms with Crippen LogP contribution in [0.2, 0.25) is 0 Å². The number of halogens is 1. The molecule has 102 valence electrons. The van der Waals surface area contributed by atoms with E-state index in [4.69, 9.17) is 0 Å². The third kappa shape index (κ3) is 4.16. The van der Waals surface area contributed by atoms with Crippen molar-refractivity contribution in [2.24, 2.45) is 7.05 Å². The van der Waals surface area contributed by atoms with E-state index in [1.807, 2.05) is 14.0 Å². The molecule has 1 aromatic rings. The van der Waals surface area contributed by atoms with Crippen LogP contribution in [-0.2, 0) is 7.05 Å². The van der Waals surface area contributed by atoms with Gasteiger partial charge in [0.2, 0.25) is 0 Å². The fourth-order valence-electron chi connectivity index (χ4n) is 1.42. The van der Waals surface area contributed by atoms with Crippen molar-refractivity contribution in [2.45, 2.75) is 19.9 Å². The minimum Gasteiger partial charge on any atom is -0.349 e. The highest BCUT2D eigenvalue weighted by molar-refractivity contribution is 5.99. The summed E-state index contributed by atoms with van der Waals surface area (Å²) in [5.41, 5.74) is 1.05. The molecule has 1 amide bonds. The number of carbonyl (C=O) groups is 2. The lowest BCUT2D eigenvalue weighted by atomic mass is 10.2. The second-order valence-electron chi connectivity index (χ2n) is 4.18. The summed E-state index contributed by atoms with van der Waals surface area (Å²) in [5, 5.41) is 5.84. The van der Waals surface area contributed by atoms with Crippen molar-refractivity contribution in [1.29, 1.82) is 0 Å². The van der Waals surface area contributed by atoms with Crippen LogP contribution >= 0.6 is 12.4 Å². The van der Waals surface area contributed by atoms with Crippen molar-refractivity contribution in [3.63, 3.8) is 0 Å². The van der Waals surface area contributed by atoms with E-state index in [1.54, 1.807) is 23.9 Å². The maximum atomic E-state index is 11.9. The van der Waals surface area contributed by atoms with E-state index in [-0.39, 0.29) is 30.1 Å². The van der Waals surface area contributed by atoms with Crippen LogP contribution in [0.3, 0.4) is 0 Å². The number of amides is 1. The van der Waals surface area contributed by atoms with E-state index in [2.05, 4.69) is 10.6 Å². The normalized spacial score (nSPS) is 11.6. The minimum absolute atomic E-state index is 0. The van der Waals surface area contributed by atoms with Crippen LogP contribution in [0.4, 0.5) is 0 Å². The summed E-state index contributed by atoms with van der Waals surface area (Å²) in [5.74, 6) is -0.203. The van der Waals surface area contributed by atoms with Gasteiger partial charge >= 0.3 is 0 Å². The third-order valence-electron chi connectivity index (χ3n) is 2.71. The summed E-state index contributed by atoms with van der Waals surface area (Å²) in [6.45, 7) is 4.02. The third-order valence-corrected chi connectivity index (χ3v) is 2.71. The van der Waals surface area contributed by atoms with Gasteiger partial charge in [-0.1, -0.05) is 0 Å². The lowest BCUT2D eigenvalue weighted by Crippen LogP contribution is -2.37. The van der Waals surface area contributed by atoms with Crippen molar-refractivity contribution in [3.8, 4) is 0 Å². The molecule has 18 heavy (non-hydrogen) atoms. The number of ketones is 1. The molecule has 0 fully saturated rings. The standard InChI is InChI=1S/C12H19N3O2.ClH/c1-8(13-3)6-14-12(17)11-5-10(9(2)16)7-15(11)4;/h5,7-8,13H,6H2,1-4H3,(H,14,17);1H. The first kappa shape index (κ1) is 16.7. The van der Waals surface area contributed by atoms with Gasteiger partial charge in [0.05, 0.1) is 0 Å². The molecule has 0 saturated carbocycles. The molecule has 0 saturated heterocycles. The first-order valence-corrected chi connectivity index (χ1v) is 5.58. The Bertz CT molecular complexity index is 429. The van der Waals surface area contributed by atoms with Gasteiger partial charge in [-0.05, 0) is 27.0 Å². The van der Waals surface area contributed by atoms with Crippen LogP contribution in [0, 0.1) is 0 Å². The molecule has 0 bridgehead atoms. The van der Waals surface area contributed by atoms with Crippen LogP contribution in [-0.4, -0.2) is 35.9 Å². The zero-order valence-corrected chi connectivity index (χ0v) is 11.9. The molecule has 0 radical (unpaired) electrons. The SMILES string of the molecule is CNC(C)CNC(=O)c1cc(C(C)=O)cn1C.Cl. The van der Waals surface area contributed by atoms with Gasteiger partial charge in [-0.3, -0.25) is 9.59 Å². The lowest BCUT2D eigenvalue weighted by Gasteiger charge is -2.11. The smallest absolute Gasteiger partial charge is 0.267 e. The van der Waals surface area contributed by atoms with E-state index < -0.39 is 0 Å². The quantitative estimate of drug-likeness (QED) is 0.787. The minimum atomic E-state index is -0.165. The Hall–Kier alpha value is -1.33. The van der Waals surface area contributed by atoms with Gasteiger partial charge in [0.25, 0.3) is 5.91 Å². The topological polar surface area (TPSA) is 63.1 Å². The summed E-state index contributed by atoms with van der Waals surface area (Å²) < 4.78 is 1.66. The Kier molecular flexibility index (Phi) is 6.65. The van der Waals surface area contributed by atoms with Gasteiger partial charge in [0, 0.05) is 31.4 Å². The van der Waals surface area contributed by atoms with E-state index in [0.29, 0.717) is 17.8 Å². The number of hydrogen-bond acceptors (Lipinski definition) is 3. The van der Waals surface area contributed by atoms with Crippen molar-refractivity contribution >= 4 is 24.1 Å². The van der Waals surface area contributed by atoms with Gasteiger partial charge in [-0.25, -0.2) is 0 Å². The first-order chi connectivity index (χ1) is 7.95.